The highest BCUT2D eigenvalue weighted by Crippen LogP contribution is 2.33. The molecule has 1 atom stereocenters. The maximum Gasteiger partial charge on any atom is 0.217 e. The Morgan fingerprint density at radius 3 is 2.96 bits per heavy atom. The molecular formula is C21H23N3O2S2. The Morgan fingerprint density at radius 1 is 1.29 bits per heavy atom. The zero-order valence-electron chi connectivity index (χ0n) is 15.8. The van der Waals surface area contributed by atoms with E-state index >= 15 is 0 Å². The smallest absolute Gasteiger partial charge is 0.217 e. The Hall–Kier alpha value is -2.06. The largest absolute Gasteiger partial charge is 0.368 e. The normalized spacial score (nSPS) is 17.5. The second-order valence-electron chi connectivity index (χ2n) is 6.83. The Morgan fingerprint density at radius 2 is 2.14 bits per heavy atom. The van der Waals surface area contributed by atoms with Gasteiger partial charge in [0.25, 0.3) is 0 Å². The monoisotopic (exact) mass is 413 g/mol. The van der Waals surface area contributed by atoms with Gasteiger partial charge < -0.3 is 10.1 Å². The fourth-order valence-electron chi connectivity index (χ4n) is 3.21. The molecule has 2 aromatic heterocycles. The molecule has 1 aliphatic rings. The molecule has 1 amide bonds. The summed E-state index contributed by atoms with van der Waals surface area (Å²) in [5, 5.41) is 5.97. The van der Waals surface area contributed by atoms with Gasteiger partial charge in [-0.3, -0.25) is 9.69 Å². The Bertz CT molecular complexity index is 923. The number of aromatic nitrogens is 1. The maximum absolute atomic E-state index is 11.1. The third-order valence-electron chi connectivity index (χ3n) is 4.62. The topological polar surface area (TPSA) is 54.5 Å². The lowest BCUT2D eigenvalue weighted by Gasteiger charge is -2.31. The van der Waals surface area contributed by atoms with E-state index in [4.69, 9.17) is 9.72 Å². The third-order valence-corrected chi connectivity index (χ3v) is 6.67. The van der Waals surface area contributed by atoms with Crippen LogP contribution >= 0.6 is 22.7 Å². The van der Waals surface area contributed by atoms with Crippen molar-refractivity contribution in [3.63, 3.8) is 0 Å². The van der Waals surface area contributed by atoms with Crippen LogP contribution in [0.15, 0.2) is 47.8 Å². The average molecular weight is 414 g/mol. The number of morpholine rings is 1. The fraction of sp³-hybridized carbons (Fsp3) is 0.333. The number of hydrogen-bond donors (Lipinski definition) is 1. The number of ether oxygens (including phenoxy) is 1. The van der Waals surface area contributed by atoms with Crippen molar-refractivity contribution in [2.45, 2.75) is 26.1 Å². The van der Waals surface area contributed by atoms with E-state index in [9.17, 15) is 4.79 Å². The van der Waals surface area contributed by atoms with Gasteiger partial charge in [0.1, 0.15) is 11.1 Å². The van der Waals surface area contributed by atoms with Crippen LogP contribution in [-0.4, -0.2) is 35.5 Å². The van der Waals surface area contributed by atoms with Crippen LogP contribution in [0, 0.1) is 0 Å². The maximum atomic E-state index is 11.1. The molecule has 4 rings (SSSR count). The first-order valence-electron chi connectivity index (χ1n) is 9.34. The summed E-state index contributed by atoms with van der Waals surface area (Å²) < 4.78 is 6.01. The molecule has 7 heteroatoms. The van der Waals surface area contributed by atoms with Crippen LogP contribution in [0.2, 0.25) is 0 Å². The number of benzene rings is 1. The molecule has 5 nitrogen and oxygen atoms in total. The van der Waals surface area contributed by atoms with Gasteiger partial charge in [-0.2, -0.15) is 0 Å². The minimum Gasteiger partial charge on any atom is -0.368 e. The highest BCUT2D eigenvalue weighted by molar-refractivity contribution is 7.16. The molecule has 146 valence electrons. The van der Waals surface area contributed by atoms with Crippen LogP contribution < -0.4 is 5.32 Å². The van der Waals surface area contributed by atoms with E-state index in [1.54, 1.807) is 22.7 Å². The molecule has 1 N–H and O–H groups in total. The van der Waals surface area contributed by atoms with Crippen LogP contribution in [0.25, 0.3) is 10.6 Å². The van der Waals surface area contributed by atoms with Crippen LogP contribution in [0.3, 0.4) is 0 Å². The van der Waals surface area contributed by atoms with Crippen LogP contribution in [0.4, 0.5) is 0 Å². The Balaban J connectivity index is 1.40. The van der Waals surface area contributed by atoms with Crippen LogP contribution in [0.1, 0.15) is 28.5 Å². The van der Waals surface area contributed by atoms with Crippen molar-refractivity contribution < 1.29 is 9.53 Å². The number of carbonyl (C=O) groups is 1. The molecule has 28 heavy (non-hydrogen) atoms. The van der Waals surface area contributed by atoms with Gasteiger partial charge in [0.15, 0.2) is 0 Å². The molecule has 1 saturated heterocycles. The summed E-state index contributed by atoms with van der Waals surface area (Å²) >= 11 is 3.33. The molecule has 0 radical (unpaired) electrons. The molecule has 0 spiro atoms. The first-order chi connectivity index (χ1) is 13.7. The summed E-state index contributed by atoms with van der Waals surface area (Å²) in [4.78, 5) is 20.6. The van der Waals surface area contributed by atoms with Crippen molar-refractivity contribution >= 4 is 28.6 Å². The quantitative estimate of drug-likeness (QED) is 0.662. The van der Waals surface area contributed by atoms with Gasteiger partial charge in [-0.1, -0.05) is 30.3 Å². The van der Waals surface area contributed by atoms with Crippen molar-refractivity contribution in [3.05, 3.63) is 63.3 Å². The molecule has 3 aromatic rings. The van der Waals surface area contributed by atoms with Crippen molar-refractivity contribution in [3.8, 4) is 10.6 Å². The van der Waals surface area contributed by atoms with E-state index in [0.717, 1.165) is 46.7 Å². The fourth-order valence-corrected chi connectivity index (χ4v) is 5.05. The number of thiazole rings is 1. The average Bonchev–Trinajstić information content (AvgIpc) is 3.37. The molecule has 1 fully saturated rings. The lowest BCUT2D eigenvalue weighted by molar-refractivity contribution is -0.119. The van der Waals surface area contributed by atoms with Gasteiger partial charge in [-0.15, -0.1) is 22.7 Å². The van der Waals surface area contributed by atoms with E-state index < -0.39 is 0 Å². The zero-order chi connectivity index (χ0) is 19.3. The first-order valence-corrected chi connectivity index (χ1v) is 11.0. The van der Waals surface area contributed by atoms with Crippen molar-refractivity contribution in [1.29, 1.82) is 0 Å². The minimum atomic E-state index is -0.0135. The molecule has 1 aromatic carbocycles. The SMILES string of the molecule is CC(=O)NCc1ccc(-c2csc(C3CN(Cc4ccccc4)CCO3)n2)s1. The summed E-state index contributed by atoms with van der Waals surface area (Å²) in [6.45, 7) is 5.58. The molecule has 0 saturated carbocycles. The number of rotatable bonds is 6. The van der Waals surface area contributed by atoms with Gasteiger partial charge >= 0.3 is 0 Å². The predicted octanol–water partition coefficient (Wildman–Crippen LogP) is 4.08. The van der Waals surface area contributed by atoms with Crippen LogP contribution in [0.5, 0.6) is 0 Å². The lowest BCUT2D eigenvalue weighted by atomic mass is 10.2. The number of nitrogens with one attached hydrogen (secondary N) is 1. The summed E-state index contributed by atoms with van der Waals surface area (Å²) in [7, 11) is 0. The van der Waals surface area contributed by atoms with E-state index in [2.05, 4.69) is 52.0 Å². The molecule has 1 aliphatic heterocycles. The molecular weight excluding hydrogens is 390 g/mol. The van der Waals surface area contributed by atoms with E-state index in [1.807, 2.05) is 6.07 Å². The first kappa shape index (κ1) is 19.3. The van der Waals surface area contributed by atoms with E-state index in [0.29, 0.717) is 6.54 Å². The Labute approximate surface area is 173 Å². The van der Waals surface area contributed by atoms with Gasteiger partial charge in [0, 0.05) is 36.8 Å². The van der Waals surface area contributed by atoms with Gasteiger partial charge in [-0.05, 0) is 17.7 Å². The second kappa shape index (κ2) is 8.96. The number of thiophene rings is 1. The van der Waals surface area contributed by atoms with Crippen molar-refractivity contribution in [2.75, 3.05) is 19.7 Å². The summed E-state index contributed by atoms with van der Waals surface area (Å²) in [5.41, 5.74) is 2.32. The number of amides is 1. The summed E-state index contributed by atoms with van der Waals surface area (Å²) in [5.74, 6) is -0.0135. The molecule has 0 aliphatic carbocycles. The number of hydrogen-bond acceptors (Lipinski definition) is 6. The molecule has 1 unspecified atom stereocenters. The standard InChI is InChI=1S/C21H23N3O2S2/c1-15(25)22-11-17-7-8-20(28-17)18-14-27-21(23-18)19-13-24(9-10-26-19)12-16-5-3-2-4-6-16/h2-8,14,19H,9-13H2,1H3,(H,22,25). The van der Waals surface area contributed by atoms with Gasteiger partial charge in [0.05, 0.1) is 23.7 Å². The summed E-state index contributed by atoms with van der Waals surface area (Å²) in [6, 6.07) is 14.7. The van der Waals surface area contributed by atoms with E-state index in [1.165, 1.54) is 12.5 Å². The minimum absolute atomic E-state index is 0.0135. The van der Waals surface area contributed by atoms with E-state index in [-0.39, 0.29) is 12.0 Å². The highest BCUT2D eigenvalue weighted by Gasteiger charge is 2.25. The number of nitrogens with zero attached hydrogens (tertiary/aromatic N) is 2. The summed E-state index contributed by atoms with van der Waals surface area (Å²) in [6.07, 6.45) is 0.0232. The third kappa shape index (κ3) is 4.86. The Kier molecular flexibility index (Phi) is 6.17. The predicted molar refractivity (Wildman–Crippen MR) is 113 cm³/mol. The molecule has 0 bridgehead atoms. The zero-order valence-corrected chi connectivity index (χ0v) is 17.4. The lowest BCUT2D eigenvalue weighted by Crippen LogP contribution is -2.37. The number of carbonyl (C=O) groups excluding carboxylic acids is 1. The van der Waals surface area contributed by atoms with Gasteiger partial charge in [-0.25, -0.2) is 4.98 Å². The van der Waals surface area contributed by atoms with Crippen molar-refractivity contribution in [1.82, 2.24) is 15.2 Å². The van der Waals surface area contributed by atoms with Crippen molar-refractivity contribution in [2.24, 2.45) is 0 Å². The second-order valence-corrected chi connectivity index (χ2v) is 8.88. The highest BCUT2D eigenvalue weighted by atomic mass is 32.1. The van der Waals surface area contributed by atoms with Crippen LogP contribution in [-0.2, 0) is 22.6 Å². The van der Waals surface area contributed by atoms with Gasteiger partial charge in [0.2, 0.25) is 5.91 Å². The molecule has 3 heterocycles.